The van der Waals surface area contributed by atoms with Crippen molar-refractivity contribution in [2.45, 2.75) is 32.0 Å². The van der Waals surface area contributed by atoms with Gasteiger partial charge >= 0.3 is 12.2 Å². The SMILES string of the molecule is CC(=O)c1ccc(NC(=O)N(CC(F)(F)F)C2CC2)cc1. The lowest BCUT2D eigenvalue weighted by molar-refractivity contribution is -0.140. The lowest BCUT2D eigenvalue weighted by Gasteiger charge is -2.24. The average Bonchev–Trinajstić information content (AvgIpc) is 3.19. The molecule has 0 aliphatic heterocycles. The largest absolute Gasteiger partial charge is 0.406 e. The number of alkyl halides is 3. The van der Waals surface area contributed by atoms with Gasteiger partial charge in [-0.2, -0.15) is 13.2 Å². The van der Waals surface area contributed by atoms with Gasteiger partial charge in [-0.25, -0.2) is 4.79 Å². The summed E-state index contributed by atoms with van der Waals surface area (Å²) in [5.74, 6) is -0.121. The second-order valence-corrected chi connectivity index (χ2v) is 5.04. The zero-order chi connectivity index (χ0) is 15.6. The lowest BCUT2D eigenvalue weighted by Crippen LogP contribution is -2.42. The maximum Gasteiger partial charge on any atom is 0.406 e. The third kappa shape index (κ3) is 4.47. The van der Waals surface area contributed by atoms with Crippen LogP contribution in [0.2, 0.25) is 0 Å². The molecule has 1 saturated carbocycles. The third-order valence-electron chi connectivity index (χ3n) is 3.14. The maximum absolute atomic E-state index is 12.5. The number of nitrogens with zero attached hydrogens (tertiary/aromatic N) is 1. The van der Waals surface area contributed by atoms with E-state index in [1.165, 1.54) is 31.2 Å². The number of hydrogen-bond donors (Lipinski definition) is 1. The molecule has 21 heavy (non-hydrogen) atoms. The van der Waals surface area contributed by atoms with Crippen LogP contribution in [0.4, 0.5) is 23.7 Å². The number of halogens is 3. The lowest BCUT2D eigenvalue weighted by atomic mass is 10.1. The molecular weight excluding hydrogens is 285 g/mol. The minimum Gasteiger partial charge on any atom is -0.312 e. The Hall–Kier alpha value is -2.05. The van der Waals surface area contributed by atoms with E-state index < -0.39 is 18.8 Å². The Morgan fingerprint density at radius 3 is 2.24 bits per heavy atom. The van der Waals surface area contributed by atoms with Crippen molar-refractivity contribution in [1.82, 2.24) is 4.90 Å². The quantitative estimate of drug-likeness (QED) is 0.866. The highest BCUT2D eigenvalue weighted by atomic mass is 19.4. The number of hydrogen-bond acceptors (Lipinski definition) is 2. The van der Waals surface area contributed by atoms with Gasteiger partial charge in [0.2, 0.25) is 0 Å². The summed E-state index contributed by atoms with van der Waals surface area (Å²) in [6.07, 6.45) is -3.24. The van der Waals surface area contributed by atoms with Crippen molar-refractivity contribution in [3.63, 3.8) is 0 Å². The van der Waals surface area contributed by atoms with Crippen molar-refractivity contribution in [1.29, 1.82) is 0 Å². The zero-order valence-electron chi connectivity index (χ0n) is 11.4. The molecule has 0 heterocycles. The number of carbonyl (C=O) groups excluding carboxylic acids is 2. The Bertz CT molecular complexity index is 536. The van der Waals surface area contributed by atoms with Gasteiger partial charge in [0, 0.05) is 17.3 Å². The molecule has 0 radical (unpaired) electrons. The minimum absolute atomic E-state index is 0.121. The van der Waals surface area contributed by atoms with E-state index >= 15 is 0 Å². The van der Waals surface area contributed by atoms with Crippen LogP contribution >= 0.6 is 0 Å². The van der Waals surface area contributed by atoms with Crippen molar-refractivity contribution in [3.8, 4) is 0 Å². The minimum atomic E-state index is -4.42. The van der Waals surface area contributed by atoms with Crippen LogP contribution in [-0.2, 0) is 0 Å². The van der Waals surface area contributed by atoms with Crippen molar-refractivity contribution >= 4 is 17.5 Å². The first-order valence-electron chi connectivity index (χ1n) is 6.51. The van der Waals surface area contributed by atoms with Crippen LogP contribution in [-0.4, -0.2) is 35.5 Å². The normalized spacial score (nSPS) is 14.7. The fraction of sp³-hybridized carbons (Fsp3) is 0.429. The molecule has 1 aromatic carbocycles. The summed E-state index contributed by atoms with van der Waals surface area (Å²) in [5.41, 5.74) is 0.833. The standard InChI is InChI=1S/C14H15F3N2O2/c1-9(20)10-2-4-11(5-3-10)18-13(21)19(12-6-7-12)8-14(15,16)17/h2-5,12H,6-8H2,1H3,(H,18,21). The Morgan fingerprint density at radius 2 is 1.81 bits per heavy atom. The summed E-state index contributed by atoms with van der Waals surface area (Å²) >= 11 is 0. The predicted molar refractivity (Wildman–Crippen MR) is 71.2 cm³/mol. The fourth-order valence-electron chi connectivity index (χ4n) is 1.93. The first kappa shape index (κ1) is 15.3. The first-order valence-corrected chi connectivity index (χ1v) is 6.51. The summed E-state index contributed by atoms with van der Waals surface area (Å²) < 4.78 is 37.4. The van der Waals surface area contributed by atoms with E-state index in [0.29, 0.717) is 24.1 Å². The van der Waals surface area contributed by atoms with Gasteiger partial charge in [-0.1, -0.05) is 0 Å². The number of urea groups is 1. The van der Waals surface area contributed by atoms with Crippen molar-refractivity contribution < 1.29 is 22.8 Å². The molecule has 1 fully saturated rings. The van der Waals surface area contributed by atoms with E-state index in [1.54, 1.807) is 0 Å². The second kappa shape index (κ2) is 5.75. The number of ketones is 1. The number of amides is 2. The van der Waals surface area contributed by atoms with Gasteiger partial charge in [0.05, 0.1) is 0 Å². The molecule has 2 rings (SSSR count). The van der Waals surface area contributed by atoms with Gasteiger partial charge < -0.3 is 10.2 Å². The predicted octanol–water partition coefficient (Wildman–Crippen LogP) is 3.45. The molecule has 0 bridgehead atoms. The molecule has 1 aromatic rings. The Morgan fingerprint density at radius 1 is 1.24 bits per heavy atom. The molecule has 2 amide bonds. The van der Waals surface area contributed by atoms with E-state index in [0.717, 1.165) is 4.90 Å². The van der Waals surface area contributed by atoms with Gasteiger partial charge in [-0.05, 0) is 44.0 Å². The number of Topliss-reactive ketones (excluding diaryl/α,β-unsaturated/α-hetero) is 1. The van der Waals surface area contributed by atoms with Gasteiger partial charge in [0.1, 0.15) is 6.54 Å². The van der Waals surface area contributed by atoms with Crippen LogP contribution in [0.25, 0.3) is 0 Å². The van der Waals surface area contributed by atoms with Gasteiger partial charge in [0.25, 0.3) is 0 Å². The van der Waals surface area contributed by atoms with E-state index in [1.807, 2.05) is 0 Å². The average molecular weight is 300 g/mol. The van der Waals surface area contributed by atoms with E-state index in [4.69, 9.17) is 0 Å². The first-order chi connectivity index (χ1) is 9.76. The summed E-state index contributed by atoms with van der Waals surface area (Å²) in [6.45, 7) is 0.154. The summed E-state index contributed by atoms with van der Waals surface area (Å²) in [5, 5.41) is 2.43. The second-order valence-electron chi connectivity index (χ2n) is 5.04. The topological polar surface area (TPSA) is 49.4 Å². The highest BCUT2D eigenvalue weighted by molar-refractivity contribution is 5.95. The Kier molecular flexibility index (Phi) is 4.20. The summed E-state index contributed by atoms with van der Waals surface area (Å²) in [4.78, 5) is 23.9. The summed E-state index contributed by atoms with van der Waals surface area (Å²) in [7, 11) is 0. The Labute approximate surface area is 119 Å². The Balaban J connectivity index is 2.03. The molecule has 0 saturated heterocycles. The van der Waals surface area contributed by atoms with E-state index in [-0.39, 0.29) is 11.8 Å². The highest BCUT2D eigenvalue weighted by Gasteiger charge is 2.40. The number of benzene rings is 1. The van der Waals surface area contributed by atoms with Gasteiger partial charge in [-0.15, -0.1) is 0 Å². The number of rotatable bonds is 4. The maximum atomic E-state index is 12.5. The van der Waals surface area contributed by atoms with Crippen molar-refractivity contribution in [2.24, 2.45) is 0 Å². The smallest absolute Gasteiger partial charge is 0.312 e. The monoisotopic (exact) mass is 300 g/mol. The zero-order valence-corrected chi connectivity index (χ0v) is 11.4. The molecule has 0 spiro atoms. The van der Waals surface area contributed by atoms with Gasteiger partial charge in [0.15, 0.2) is 5.78 Å². The van der Waals surface area contributed by atoms with Gasteiger partial charge in [-0.3, -0.25) is 4.79 Å². The van der Waals surface area contributed by atoms with Crippen molar-refractivity contribution in [2.75, 3.05) is 11.9 Å². The van der Waals surface area contributed by atoms with Crippen LogP contribution in [0.5, 0.6) is 0 Å². The van der Waals surface area contributed by atoms with Crippen LogP contribution in [0.15, 0.2) is 24.3 Å². The molecule has 1 aliphatic rings. The molecule has 7 heteroatoms. The third-order valence-corrected chi connectivity index (χ3v) is 3.14. The fourth-order valence-corrected chi connectivity index (χ4v) is 1.93. The molecule has 0 aromatic heterocycles. The van der Waals surface area contributed by atoms with Crippen LogP contribution in [0, 0.1) is 0 Å². The van der Waals surface area contributed by atoms with Crippen LogP contribution < -0.4 is 5.32 Å². The summed E-state index contributed by atoms with van der Waals surface area (Å²) in [6, 6.07) is 4.90. The van der Waals surface area contributed by atoms with Crippen LogP contribution in [0.3, 0.4) is 0 Å². The van der Waals surface area contributed by atoms with Crippen LogP contribution in [0.1, 0.15) is 30.1 Å². The molecule has 114 valence electrons. The molecule has 1 aliphatic carbocycles. The molecule has 1 N–H and O–H groups in total. The molecule has 4 nitrogen and oxygen atoms in total. The van der Waals surface area contributed by atoms with E-state index in [9.17, 15) is 22.8 Å². The molecular formula is C14H15F3N2O2. The highest BCUT2D eigenvalue weighted by Crippen LogP contribution is 2.30. The number of carbonyl (C=O) groups is 2. The molecule has 0 unspecified atom stereocenters. The van der Waals surface area contributed by atoms with Crippen molar-refractivity contribution in [3.05, 3.63) is 29.8 Å². The number of nitrogens with one attached hydrogen (secondary N) is 1. The molecule has 0 atom stereocenters. The van der Waals surface area contributed by atoms with E-state index in [2.05, 4.69) is 5.32 Å². The number of anilines is 1.